The van der Waals surface area contributed by atoms with Gasteiger partial charge in [-0.15, -0.1) is 23.2 Å². The molecule has 0 aliphatic carbocycles. The predicted molar refractivity (Wildman–Crippen MR) is 78.9 cm³/mol. The Morgan fingerprint density at radius 1 is 1.26 bits per heavy atom. The molecule has 6 heteroatoms. The van der Waals surface area contributed by atoms with E-state index in [0.717, 1.165) is 16.6 Å². The largest absolute Gasteiger partial charge is 0.477 e. The number of nitrogens with one attached hydrogen (secondary N) is 1. The summed E-state index contributed by atoms with van der Waals surface area (Å²) in [4.78, 5) is 16.0. The maximum absolute atomic E-state index is 11.0. The molecule has 2 aromatic rings. The van der Waals surface area contributed by atoms with Gasteiger partial charge in [-0.1, -0.05) is 12.1 Å². The van der Waals surface area contributed by atoms with Gasteiger partial charge in [-0.05, 0) is 12.1 Å². The normalized spacial score (nSPS) is 10.8. The molecule has 2 rings (SSSR count). The number of aromatic carboxylic acids is 1. The number of hydrogen-bond acceptors (Lipinski definition) is 2. The monoisotopic (exact) mass is 300 g/mol. The molecule has 0 amide bonds. The second-order valence-corrected chi connectivity index (χ2v) is 4.85. The summed E-state index contributed by atoms with van der Waals surface area (Å²) in [6, 6.07) is 7.33. The summed E-state index contributed by atoms with van der Waals surface area (Å²) in [5.74, 6) is 0.00269. The zero-order valence-electron chi connectivity index (χ0n) is 10.2. The zero-order chi connectivity index (χ0) is 13.8. The van der Waals surface area contributed by atoms with Gasteiger partial charge in [0.2, 0.25) is 0 Å². The van der Waals surface area contributed by atoms with Crippen molar-refractivity contribution in [3.63, 3.8) is 0 Å². The van der Waals surface area contributed by atoms with Crippen LogP contribution < -0.4 is 4.90 Å². The van der Waals surface area contributed by atoms with E-state index in [4.69, 9.17) is 28.3 Å². The maximum atomic E-state index is 11.0. The van der Waals surface area contributed by atoms with E-state index >= 15 is 0 Å². The Morgan fingerprint density at radius 2 is 1.95 bits per heavy atom. The molecule has 0 fully saturated rings. The zero-order valence-corrected chi connectivity index (χ0v) is 11.7. The number of aromatic amines is 1. The highest BCUT2D eigenvalue weighted by Gasteiger charge is 2.13. The molecule has 4 nitrogen and oxygen atoms in total. The number of benzene rings is 1. The van der Waals surface area contributed by atoms with Gasteiger partial charge in [0.25, 0.3) is 0 Å². The molecule has 0 bridgehead atoms. The first-order valence-electron chi connectivity index (χ1n) is 5.89. The lowest BCUT2D eigenvalue weighted by Gasteiger charge is -2.23. The SMILES string of the molecule is O=C(O)c1cc2cccc(N(CCCl)CCCl)c2[nH]1. The third kappa shape index (κ3) is 2.96. The van der Waals surface area contributed by atoms with E-state index in [0.29, 0.717) is 24.8 Å². The molecule has 2 N–H and O–H groups in total. The van der Waals surface area contributed by atoms with Crippen LogP contribution in [0.15, 0.2) is 24.3 Å². The average molecular weight is 301 g/mol. The molecule has 1 heterocycles. The Balaban J connectivity index is 2.48. The van der Waals surface area contributed by atoms with Gasteiger partial charge in [-0.3, -0.25) is 0 Å². The lowest BCUT2D eigenvalue weighted by molar-refractivity contribution is 0.0691. The number of alkyl halides is 2. The van der Waals surface area contributed by atoms with Crippen LogP contribution in [0.25, 0.3) is 10.9 Å². The molecule has 0 saturated carbocycles. The fourth-order valence-corrected chi connectivity index (χ4v) is 2.48. The molecule has 0 spiro atoms. The van der Waals surface area contributed by atoms with Crippen molar-refractivity contribution in [3.05, 3.63) is 30.0 Å². The molecule has 102 valence electrons. The van der Waals surface area contributed by atoms with Gasteiger partial charge in [0, 0.05) is 30.2 Å². The van der Waals surface area contributed by atoms with E-state index in [2.05, 4.69) is 4.98 Å². The Hall–Kier alpha value is -1.39. The third-order valence-electron chi connectivity index (χ3n) is 2.91. The van der Waals surface area contributed by atoms with E-state index in [1.165, 1.54) is 0 Å². The average Bonchev–Trinajstić information content (AvgIpc) is 2.82. The second-order valence-electron chi connectivity index (χ2n) is 4.09. The topological polar surface area (TPSA) is 56.3 Å². The Kier molecular flexibility index (Phi) is 4.56. The number of nitrogens with zero attached hydrogens (tertiary/aromatic N) is 1. The standard InChI is InChI=1S/C13H14Cl2N2O2/c14-4-6-17(7-5-15)11-3-1-2-9-8-10(13(18)19)16-12(9)11/h1-3,8,16H,4-7H2,(H,18,19). The van der Waals surface area contributed by atoms with Crippen molar-refractivity contribution in [2.75, 3.05) is 29.7 Å². The van der Waals surface area contributed by atoms with Gasteiger partial charge in [-0.25, -0.2) is 4.79 Å². The summed E-state index contributed by atoms with van der Waals surface area (Å²) in [7, 11) is 0. The molecule has 0 unspecified atom stereocenters. The fraction of sp³-hybridized carbons (Fsp3) is 0.308. The summed E-state index contributed by atoms with van der Waals surface area (Å²) >= 11 is 11.6. The maximum Gasteiger partial charge on any atom is 0.352 e. The summed E-state index contributed by atoms with van der Waals surface area (Å²) in [5, 5.41) is 9.90. The van der Waals surface area contributed by atoms with Gasteiger partial charge < -0.3 is 15.0 Å². The van der Waals surface area contributed by atoms with Crippen LogP contribution in [0.3, 0.4) is 0 Å². The van der Waals surface area contributed by atoms with Crippen LogP contribution in [0.2, 0.25) is 0 Å². The minimum absolute atomic E-state index is 0.180. The first-order valence-corrected chi connectivity index (χ1v) is 6.96. The van der Waals surface area contributed by atoms with E-state index in [1.807, 2.05) is 23.1 Å². The summed E-state index contributed by atoms with van der Waals surface area (Å²) in [5.41, 5.74) is 1.90. The molecular formula is C13H14Cl2N2O2. The van der Waals surface area contributed by atoms with Gasteiger partial charge in [0.05, 0.1) is 11.2 Å². The summed E-state index contributed by atoms with van der Waals surface area (Å²) < 4.78 is 0. The van der Waals surface area contributed by atoms with Gasteiger partial charge in [0.1, 0.15) is 5.69 Å². The number of carboxylic acid groups (broad SMARTS) is 1. The third-order valence-corrected chi connectivity index (χ3v) is 3.25. The number of H-pyrrole nitrogens is 1. The van der Waals surface area contributed by atoms with Crippen molar-refractivity contribution in [2.24, 2.45) is 0 Å². The van der Waals surface area contributed by atoms with E-state index < -0.39 is 5.97 Å². The van der Waals surface area contributed by atoms with Gasteiger partial charge in [-0.2, -0.15) is 0 Å². The minimum atomic E-state index is -0.969. The van der Waals surface area contributed by atoms with Crippen molar-refractivity contribution in [3.8, 4) is 0 Å². The number of carboxylic acids is 1. The first-order chi connectivity index (χ1) is 9.17. The summed E-state index contributed by atoms with van der Waals surface area (Å²) in [6.07, 6.45) is 0. The second kappa shape index (κ2) is 6.17. The van der Waals surface area contributed by atoms with Crippen molar-refractivity contribution in [2.45, 2.75) is 0 Å². The predicted octanol–water partition coefficient (Wildman–Crippen LogP) is 3.15. The van der Waals surface area contributed by atoms with Crippen molar-refractivity contribution in [1.29, 1.82) is 0 Å². The fourth-order valence-electron chi connectivity index (χ4n) is 2.08. The Morgan fingerprint density at radius 3 is 2.53 bits per heavy atom. The smallest absolute Gasteiger partial charge is 0.352 e. The molecule has 0 radical (unpaired) electrons. The lowest BCUT2D eigenvalue weighted by atomic mass is 10.2. The van der Waals surface area contributed by atoms with Crippen LogP contribution >= 0.6 is 23.2 Å². The Bertz CT molecular complexity index is 577. The molecular weight excluding hydrogens is 287 g/mol. The van der Waals surface area contributed by atoms with Crippen LogP contribution in [0.4, 0.5) is 5.69 Å². The minimum Gasteiger partial charge on any atom is -0.477 e. The van der Waals surface area contributed by atoms with Gasteiger partial charge >= 0.3 is 5.97 Å². The molecule has 0 aliphatic heterocycles. The van der Waals surface area contributed by atoms with Crippen LogP contribution in [0.1, 0.15) is 10.5 Å². The van der Waals surface area contributed by atoms with Gasteiger partial charge in [0.15, 0.2) is 0 Å². The van der Waals surface area contributed by atoms with E-state index in [-0.39, 0.29) is 5.69 Å². The molecule has 0 atom stereocenters. The first kappa shape index (κ1) is 14.0. The van der Waals surface area contributed by atoms with Crippen LogP contribution in [0, 0.1) is 0 Å². The number of fused-ring (bicyclic) bond motifs is 1. The number of anilines is 1. The van der Waals surface area contributed by atoms with Crippen molar-refractivity contribution < 1.29 is 9.90 Å². The summed E-state index contributed by atoms with van der Waals surface area (Å²) in [6.45, 7) is 1.32. The van der Waals surface area contributed by atoms with Crippen LogP contribution in [-0.2, 0) is 0 Å². The quantitative estimate of drug-likeness (QED) is 0.806. The highest BCUT2D eigenvalue weighted by atomic mass is 35.5. The van der Waals surface area contributed by atoms with E-state index in [9.17, 15) is 4.79 Å². The van der Waals surface area contributed by atoms with Crippen LogP contribution in [-0.4, -0.2) is 40.9 Å². The molecule has 19 heavy (non-hydrogen) atoms. The molecule has 0 saturated heterocycles. The highest BCUT2D eigenvalue weighted by Crippen LogP contribution is 2.27. The number of rotatable bonds is 6. The van der Waals surface area contributed by atoms with Crippen molar-refractivity contribution in [1.82, 2.24) is 4.98 Å². The van der Waals surface area contributed by atoms with E-state index in [1.54, 1.807) is 6.07 Å². The molecule has 0 aliphatic rings. The number of para-hydroxylation sites is 1. The lowest BCUT2D eigenvalue weighted by Crippen LogP contribution is -2.27. The number of halogens is 2. The molecule has 1 aromatic heterocycles. The number of carbonyl (C=O) groups is 1. The number of hydrogen-bond donors (Lipinski definition) is 2. The van der Waals surface area contributed by atoms with Crippen molar-refractivity contribution >= 4 is 45.8 Å². The molecule has 1 aromatic carbocycles. The Labute approximate surface area is 120 Å². The number of aromatic nitrogens is 1. The van der Waals surface area contributed by atoms with Crippen LogP contribution in [0.5, 0.6) is 0 Å². The highest BCUT2D eigenvalue weighted by molar-refractivity contribution is 6.18.